The Morgan fingerprint density at radius 2 is 1.74 bits per heavy atom. The maximum Gasteiger partial charge on any atom is 0.338 e. The van der Waals surface area contributed by atoms with Crippen LogP contribution < -0.4 is 15.0 Å². The molecule has 0 radical (unpaired) electrons. The zero-order valence-corrected chi connectivity index (χ0v) is 21.3. The summed E-state index contributed by atoms with van der Waals surface area (Å²) in [7, 11) is 1.46. The number of para-hydroxylation sites is 2. The fourth-order valence-corrected chi connectivity index (χ4v) is 4.70. The number of carbonyl (C=O) groups excluding carboxylic acids is 4. The summed E-state index contributed by atoms with van der Waals surface area (Å²) in [5.41, 5.74) is 3.07. The van der Waals surface area contributed by atoms with E-state index in [0.29, 0.717) is 30.0 Å². The molecule has 1 unspecified atom stereocenters. The van der Waals surface area contributed by atoms with Crippen molar-refractivity contribution in [2.45, 2.75) is 18.9 Å². The average Bonchev–Trinajstić information content (AvgIpc) is 3.51. The summed E-state index contributed by atoms with van der Waals surface area (Å²) in [5, 5.41) is 4.34. The number of carbonyl (C=O) groups is 4. The average molecular weight is 526 g/mol. The van der Waals surface area contributed by atoms with Crippen LogP contribution in [0.5, 0.6) is 5.75 Å². The molecule has 1 fully saturated rings. The van der Waals surface area contributed by atoms with Crippen molar-refractivity contribution in [1.82, 2.24) is 10.3 Å². The molecule has 2 N–H and O–H groups in total. The topological polar surface area (TPSA) is 118 Å². The van der Waals surface area contributed by atoms with E-state index in [-0.39, 0.29) is 23.8 Å². The third-order valence-electron chi connectivity index (χ3n) is 6.71. The lowest BCUT2D eigenvalue weighted by atomic mass is 10.1. The van der Waals surface area contributed by atoms with Crippen LogP contribution >= 0.6 is 0 Å². The van der Waals surface area contributed by atoms with Crippen molar-refractivity contribution in [3.05, 3.63) is 95.7 Å². The minimum Gasteiger partial charge on any atom is -0.496 e. The number of benzene rings is 3. The molecule has 9 nitrogen and oxygen atoms in total. The first-order chi connectivity index (χ1) is 19.0. The number of nitrogens with one attached hydrogen (secondary N) is 2. The molecule has 1 saturated heterocycles. The summed E-state index contributed by atoms with van der Waals surface area (Å²) in [6, 6.07) is 20.0. The number of hydrogen-bond donors (Lipinski definition) is 2. The maximum atomic E-state index is 13.0. The molecule has 1 aliphatic rings. The number of rotatable bonds is 10. The van der Waals surface area contributed by atoms with Crippen molar-refractivity contribution in [2.75, 3.05) is 25.2 Å². The smallest absolute Gasteiger partial charge is 0.338 e. The molecule has 9 heteroatoms. The minimum absolute atomic E-state index is 0.0571. The van der Waals surface area contributed by atoms with Gasteiger partial charge in [0.1, 0.15) is 5.75 Å². The highest BCUT2D eigenvalue weighted by atomic mass is 16.5. The molecule has 5 rings (SSSR count). The number of aromatic nitrogens is 1. The Balaban J connectivity index is 1.16. The van der Waals surface area contributed by atoms with E-state index in [4.69, 9.17) is 9.47 Å². The number of Topliss-reactive ketones (excluding diaryl/α,β-unsaturated/α-hetero) is 1. The number of anilines is 1. The number of amides is 2. The Labute approximate surface area is 224 Å². The molecular formula is C30H27N3O6. The number of nitrogens with zero attached hydrogens (tertiary/aromatic N) is 1. The van der Waals surface area contributed by atoms with Crippen LogP contribution in [0.15, 0.2) is 79.0 Å². The molecule has 0 saturated carbocycles. The van der Waals surface area contributed by atoms with Crippen LogP contribution in [0.1, 0.15) is 32.7 Å². The zero-order valence-electron chi connectivity index (χ0n) is 21.3. The van der Waals surface area contributed by atoms with E-state index in [2.05, 4.69) is 10.3 Å². The monoisotopic (exact) mass is 525 g/mol. The van der Waals surface area contributed by atoms with Crippen LogP contribution in [0.3, 0.4) is 0 Å². The van der Waals surface area contributed by atoms with Gasteiger partial charge in [0.15, 0.2) is 6.61 Å². The van der Waals surface area contributed by atoms with Crippen molar-refractivity contribution in [2.24, 2.45) is 0 Å². The summed E-state index contributed by atoms with van der Waals surface area (Å²) in [5.74, 6) is -1.35. The Hall–Kier alpha value is -4.76. The van der Waals surface area contributed by atoms with Crippen LogP contribution in [-0.2, 0) is 20.7 Å². The second-order valence-electron chi connectivity index (χ2n) is 9.13. The van der Waals surface area contributed by atoms with Gasteiger partial charge in [0, 0.05) is 23.6 Å². The van der Waals surface area contributed by atoms with Gasteiger partial charge in [-0.25, -0.2) is 9.69 Å². The van der Waals surface area contributed by atoms with Crippen molar-refractivity contribution in [1.29, 1.82) is 0 Å². The van der Waals surface area contributed by atoms with Crippen molar-refractivity contribution in [3.8, 4) is 5.75 Å². The lowest BCUT2D eigenvalue weighted by molar-refractivity contribution is -0.121. The third-order valence-corrected chi connectivity index (χ3v) is 6.71. The molecular weight excluding hydrogens is 498 g/mol. The number of hydrogen-bond acceptors (Lipinski definition) is 7. The van der Waals surface area contributed by atoms with Gasteiger partial charge in [-0.05, 0) is 54.4 Å². The molecule has 4 aromatic rings. The molecule has 1 aromatic heterocycles. The Kier molecular flexibility index (Phi) is 7.51. The number of aromatic amines is 1. The SMILES string of the molecule is COc1ccccc1C(=O)COC(=O)c1ccc(N2C(=O)CC(NCCc3c[nH]c4ccccc34)C2=O)cc1. The number of ketones is 1. The molecule has 0 bridgehead atoms. The van der Waals surface area contributed by atoms with Gasteiger partial charge in [-0.2, -0.15) is 0 Å². The first kappa shape index (κ1) is 25.9. The number of esters is 1. The Morgan fingerprint density at radius 3 is 2.54 bits per heavy atom. The van der Waals surface area contributed by atoms with Gasteiger partial charge in [0.05, 0.1) is 36.4 Å². The molecule has 39 heavy (non-hydrogen) atoms. The van der Waals surface area contributed by atoms with Gasteiger partial charge in [0.2, 0.25) is 11.7 Å². The number of ether oxygens (including phenoxy) is 2. The maximum absolute atomic E-state index is 13.0. The van der Waals surface area contributed by atoms with Crippen molar-refractivity contribution < 1.29 is 28.7 Å². The molecule has 0 aliphatic carbocycles. The molecule has 1 aliphatic heterocycles. The predicted molar refractivity (Wildman–Crippen MR) is 145 cm³/mol. The van der Waals surface area contributed by atoms with Crippen LogP contribution in [0, 0.1) is 0 Å². The number of H-pyrrole nitrogens is 1. The van der Waals surface area contributed by atoms with Gasteiger partial charge in [-0.1, -0.05) is 30.3 Å². The van der Waals surface area contributed by atoms with Gasteiger partial charge in [-0.15, -0.1) is 0 Å². The first-order valence-electron chi connectivity index (χ1n) is 12.5. The van der Waals surface area contributed by atoms with Crippen molar-refractivity contribution in [3.63, 3.8) is 0 Å². The molecule has 3 aromatic carbocycles. The summed E-state index contributed by atoms with van der Waals surface area (Å²) in [6.45, 7) is 0.0910. The Morgan fingerprint density at radius 1 is 1.00 bits per heavy atom. The fraction of sp³-hybridized carbons (Fsp3) is 0.200. The molecule has 198 valence electrons. The lowest BCUT2D eigenvalue weighted by Crippen LogP contribution is -2.39. The molecule has 0 spiro atoms. The lowest BCUT2D eigenvalue weighted by Gasteiger charge is -2.16. The number of fused-ring (bicyclic) bond motifs is 1. The van der Waals surface area contributed by atoms with E-state index >= 15 is 0 Å². The van der Waals surface area contributed by atoms with Gasteiger partial charge in [0.25, 0.3) is 5.91 Å². The molecule has 2 amide bonds. The van der Waals surface area contributed by atoms with Crippen molar-refractivity contribution >= 4 is 40.2 Å². The molecule has 1 atom stereocenters. The summed E-state index contributed by atoms with van der Waals surface area (Å²) in [4.78, 5) is 55.0. The van der Waals surface area contributed by atoms with Crippen LogP contribution in [0.2, 0.25) is 0 Å². The molecule has 2 heterocycles. The summed E-state index contributed by atoms with van der Waals surface area (Å²) in [6.07, 6.45) is 2.72. The third kappa shape index (κ3) is 5.44. The van der Waals surface area contributed by atoms with Crippen LogP contribution in [0.4, 0.5) is 5.69 Å². The second kappa shape index (κ2) is 11.3. The van der Waals surface area contributed by atoms with E-state index < -0.39 is 24.4 Å². The minimum atomic E-state index is -0.694. The van der Waals surface area contributed by atoms with E-state index in [9.17, 15) is 19.2 Å². The van der Waals surface area contributed by atoms with Crippen LogP contribution in [-0.4, -0.2) is 54.9 Å². The standard InChI is InChI=1S/C30H27N3O6/c1-38-27-9-5-3-7-23(27)26(34)18-39-30(37)19-10-12-21(13-11-19)33-28(35)16-25(29(33)36)31-15-14-20-17-32-24-8-4-2-6-22(20)24/h2-13,17,25,31-32H,14-16,18H2,1H3. The van der Waals surface area contributed by atoms with Gasteiger partial charge < -0.3 is 19.8 Å². The summed E-state index contributed by atoms with van der Waals surface area (Å²) >= 11 is 0. The highest BCUT2D eigenvalue weighted by Crippen LogP contribution is 2.24. The normalized spacial score (nSPS) is 15.1. The van der Waals surface area contributed by atoms with E-state index in [0.717, 1.165) is 21.4 Å². The number of methoxy groups -OCH3 is 1. The predicted octanol–water partition coefficient (Wildman–Crippen LogP) is 3.68. The highest BCUT2D eigenvalue weighted by Gasteiger charge is 2.39. The van der Waals surface area contributed by atoms with E-state index in [1.54, 1.807) is 24.3 Å². The quantitative estimate of drug-likeness (QED) is 0.184. The van der Waals surface area contributed by atoms with Crippen LogP contribution in [0.25, 0.3) is 10.9 Å². The van der Waals surface area contributed by atoms with E-state index in [1.807, 2.05) is 30.5 Å². The first-order valence-corrected chi connectivity index (χ1v) is 12.5. The Bertz CT molecular complexity index is 1540. The largest absolute Gasteiger partial charge is 0.496 e. The fourth-order valence-electron chi connectivity index (χ4n) is 4.70. The number of imide groups is 1. The van der Waals surface area contributed by atoms with Gasteiger partial charge in [-0.3, -0.25) is 14.4 Å². The van der Waals surface area contributed by atoms with E-state index in [1.165, 1.54) is 31.4 Å². The highest BCUT2D eigenvalue weighted by molar-refractivity contribution is 6.22. The summed E-state index contributed by atoms with van der Waals surface area (Å²) < 4.78 is 10.3. The second-order valence-corrected chi connectivity index (χ2v) is 9.13. The van der Waals surface area contributed by atoms with Gasteiger partial charge >= 0.3 is 5.97 Å². The zero-order chi connectivity index (χ0) is 27.4.